The molecule has 0 amide bonds. The molecule has 19 heavy (non-hydrogen) atoms. The number of halogens is 2. The Morgan fingerprint density at radius 1 is 1.42 bits per heavy atom. The second-order valence-corrected chi connectivity index (χ2v) is 6.37. The van der Waals surface area contributed by atoms with E-state index in [1.807, 2.05) is 18.2 Å². The Kier molecular flexibility index (Phi) is 5.66. The van der Waals surface area contributed by atoms with Crippen LogP contribution in [0, 0.1) is 0 Å². The van der Waals surface area contributed by atoms with Crippen molar-refractivity contribution in [2.45, 2.75) is 31.3 Å². The van der Waals surface area contributed by atoms with Gasteiger partial charge in [-0.15, -0.1) is 0 Å². The molecule has 1 aromatic rings. The fourth-order valence-electron chi connectivity index (χ4n) is 2.31. The molecule has 0 aliphatic heterocycles. The number of aliphatic hydroxyl groups is 1. The van der Waals surface area contributed by atoms with Crippen molar-refractivity contribution >= 4 is 27.5 Å². The zero-order valence-electron chi connectivity index (χ0n) is 10.9. The molecule has 3 nitrogen and oxygen atoms in total. The van der Waals surface area contributed by atoms with Crippen molar-refractivity contribution in [2.75, 3.05) is 19.7 Å². The lowest BCUT2D eigenvalue weighted by molar-refractivity contribution is 0.185. The van der Waals surface area contributed by atoms with Gasteiger partial charge in [-0.25, -0.2) is 0 Å². The van der Waals surface area contributed by atoms with Crippen molar-refractivity contribution in [2.24, 2.45) is 5.73 Å². The van der Waals surface area contributed by atoms with Gasteiger partial charge >= 0.3 is 0 Å². The van der Waals surface area contributed by atoms with E-state index in [-0.39, 0.29) is 12.6 Å². The van der Waals surface area contributed by atoms with Gasteiger partial charge in [-0.3, -0.25) is 4.90 Å². The zero-order valence-corrected chi connectivity index (χ0v) is 13.2. The Morgan fingerprint density at radius 2 is 2.16 bits per heavy atom. The standard InChI is InChI=1S/C14H20BrClN2O/c15-10-1-4-12(13(16)9-10)14(17)5-6-18(7-8-19)11-2-3-11/h1,4,9,11,14,19H,2-3,5-8,17H2. The summed E-state index contributed by atoms with van der Waals surface area (Å²) in [6, 6.07) is 6.42. The van der Waals surface area contributed by atoms with E-state index in [2.05, 4.69) is 20.8 Å². The van der Waals surface area contributed by atoms with Crippen LogP contribution in [0.15, 0.2) is 22.7 Å². The number of nitrogens with two attached hydrogens (primary N) is 1. The van der Waals surface area contributed by atoms with E-state index in [0.29, 0.717) is 11.1 Å². The van der Waals surface area contributed by atoms with Crippen LogP contribution in [0.5, 0.6) is 0 Å². The summed E-state index contributed by atoms with van der Waals surface area (Å²) in [7, 11) is 0. The Balaban J connectivity index is 1.90. The lowest BCUT2D eigenvalue weighted by Gasteiger charge is -2.23. The van der Waals surface area contributed by atoms with Crippen molar-refractivity contribution < 1.29 is 5.11 Å². The molecule has 1 atom stereocenters. The third-order valence-electron chi connectivity index (χ3n) is 3.54. The van der Waals surface area contributed by atoms with Gasteiger partial charge in [0.15, 0.2) is 0 Å². The molecule has 0 radical (unpaired) electrons. The van der Waals surface area contributed by atoms with Crippen LogP contribution in [0.25, 0.3) is 0 Å². The first-order valence-electron chi connectivity index (χ1n) is 6.67. The van der Waals surface area contributed by atoms with Gasteiger partial charge in [-0.05, 0) is 37.0 Å². The van der Waals surface area contributed by atoms with E-state index in [1.165, 1.54) is 12.8 Å². The SMILES string of the molecule is NC(CCN(CCO)C1CC1)c1ccc(Br)cc1Cl. The molecule has 5 heteroatoms. The quantitative estimate of drug-likeness (QED) is 0.797. The van der Waals surface area contributed by atoms with Crippen molar-refractivity contribution in [1.29, 1.82) is 0 Å². The van der Waals surface area contributed by atoms with Crippen molar-refractivity contribution in [3.63, 3.8) is 0 Å². The summed E-state index contributed by atoms with van der Waals surface area (Å²) >= 11 is 9.61. The minimum atomic E-state index is -0.0551. The molecule has 0 spiro atoms. The van der Waals surface area contributed by atoms with Crippen LogP contribution in [0.4, 0.5) is 0 Å². The first-order valence-corrected chi connectivity index (χ1v) is 7.84. The Morgan fingerprint density at radius 3 is 2.74 bits per heavy atom. The minimum Gasteiger partial charge on any atom is -0.395 e. The fraction of sp³-hybridized carbons (Fsp3) is 0.571. The molecular formula is C14H20BrClN2O. The average Bonchev–Trinajstić information content (AvgIpc) is 3.18. The van der Waals surface area contributed by atoms with E-state index in [9.17, 15) is 0 Å². The number of hydrogen-bond donors (Lipinski definition) is 2. The summed E-state index contributed by atoms with van der Waals surface area (Å²) in [5, 5.41) is 9.78. The van der Waals surface area contributed by atoms with Crippen LogP contribution in [0.1, 0.15) is 30.9 Å². The molecule has 1 aromatic carbocycles. The van der Waals surface area contributed by atoms with Crippen LogP contribution in [-0.2, 0) is 0 Å². The van der Waals surface area contributed by atoms with E-state index in [4.69, 9.17) is 22.4 Å². The van der Waals surface area contributed by atoms with Crippen molar-refractivity contribution in [3.05, 3.63) is 33.3 Å². The monoisotopic (exact) mass is 346 g/mol. The van der Waals surface area contributed by atoms with Crippen LogP contribution >= 0.6 is 27.5 Å². The molecule has 1 aliphatic carbocycles. The zero-order chi connectivity index (χ0) is 13.8. The molecule has 3 N–H and O–H groups in total. The Bertz CT molecular complexity index is 426. The molecule has 1 aliphatic rings. The van der Waals surface area contributed by atoms with Gasteiger partial charge in [0.1, 0.15) is 0 Å². The van der Waals surface area contributed by atoms with Crippen LogP contribution in [-0.4, -0.2) is 35.7 Å². The highest BCUT2D eigenvalue weighted by Crippen LogP contribution is 2.30. The van der Waals surface area contributed by atoms with Crippen LogP contribution in [0.2, 0.25) is 5.02 Å². The van der Waals surface area contributed by atoms with Crippen LogP contribution < -0.4 is 5.73 Å². The minimum absolute atomic E-state index is 0.0551. The van der Waals surface area contributed by atoms with Gasteiger partial charge in [0.2, 0.25) is 0 Å². The molecular weight excluding hydrogens is 328 g/mol. The van der Waals surface area contributed by atoms with E-state index < -0.39 is 0 Å². The van der Waals surface area contributed by atoms with Gasteiger partial charge in [-0.2, -0.15) is 0 Å². The average molecular weight is 348 g/mol. The molecule has 2 rings (SSSR count). The molecule has 0 aromatic heterocycles. The molecule has 0 bridgehead atoms. The summed E-state index contributed by atoms with van der Waals surface area (Å²) in [5.74, 6) is 0. The predicted molar refractivity (Wildman–Crippen MR) is 82.4 cm³/mol. The maximum Gasteiger partial charge on any atom is 0.0558 e. The number of aliphatic hydroxyl groups excluding tert-OH is 1. The molecule has 1 saturated carbocycles. The second-order valence-electron chi connectivity index (χ2n) is 5.05. The smallest absolute Gasteiger partial charge is 0.0558 e. The summed E-state index contributed by atoms with van der Waals surface area (Å²) in [5.41, 5.74) is 7.21. The summed E-state index contributed by atoms with van der Waals surface area (Å²) < 4.78 is 0.966. The highest BCUT2D eigenvalue weighted by molar-refractivity contribution is 9.10. The van der Waals surface area contributed by atoms with Gasteiger partial charge in [0.25, 0.3) is 0 Å². The second kappa shape index (κ2) is 7.04. The normalized spacial score (nSPS) is 16.9. The van der Waals surface area contributed by atoms with Gasteiger partial charge in [0.05, 0.1) is 6.61 Å². The Hall–Kier alpha value is -0.130. The molecule has 0 heterocycles. The molecule has 0 saturated heterocycles. The molecule has 1 unspecified atom stereocenters. The molecule has 1 fully saturated rings. The first-order chi connectivity index (χ1) is 9.11. The maximum atomic E-state index is 9.07. The lowest BCUT2D eigenvalue weighted by atomic mass is 10.0. The fourth-order valence-corrected chi connectivity index (χ4v) is 3.12. The topological polar surface area (TPSA) is 49.5 Å². The lowest BCUT2D eigenvalue weighted by Crippen LogP contribution is -2.32. The maximum absolute atomic E-state index is 9.07. The van der Waals surface area contributed by atoms with E-state index in [1.54, 1.807) is 0 Å². The third kappa shape index (κ3) is 4.43. The summed E-state index contributed by atoms with van der Waals surface area (Å²) in [6.45, 7) is 1.87. The highest BCUT2D eigenvalue weighted by Gasteiger charge is 2.28. The van der Waals surface area contributed by atoms with Crippen molar-refractivity contribution in [3.8, 4) is 0 Å². The third-order valence-corrected chi connectivity index (χ3v) is 4.36. The Labute approximate surface area is 127 Å². The van der Waals surface area contributed by atoms with E-state index >= 15 is 0 Å². The number of benzene rings is 1. The van der Waals surface area contributed by atoms with Gasteiger partial charge in [-0.1, -0.05) is 33.6 Å². The number of hydrogen-bond acceptors (Lipinski definition) is 3. The summed E-state index contributed by atoms with van der Waals surface area (Å²) in [6.07, 6.45) is 3.35. The first kappa shape index (κ1) is 15.3. The van der Waals surface area contributed by atoms with Gasteiger partial charge in [0, 0.05) is 34.7 Å². The largest absolute Gasteiger partial charge is 0.395 e. The summed E-state index contributed by atoms with van der Waals surface area (Å²) in [4.78, 5) is 2.33. The van der Waals surface area contributed by atoms with Gasteiger partial charge < -0.3 is 10.8 Å². The highest BCUT2D eigenvalue weighted by atomic mass is 79.9. The number of nitrogens with zero attached hydrogens (tertiary/aromatic N) is 1. The van der Waals surface area contributed by atoms with E-state index in [0.717, 1.165) is 29.5 Å². The molecule has 106 valence electrons. The van der Waals surface area contributed by atoms with Crippen molar-refractivity contribution in [1.82, 2.24) is 4.90 Å². The van der Waals surface area contributed by atoms with Crippen LogP contribution in [0.3, 0.4) is 0 Å². The number of rotatable bonds is 7. The predicted octanol–water partition coefficient (Wildman–Crippen LogP) is 2.95.